The maximum Gasteiger partial charge on any atom is 0.151 e. The van der Waals surface area contributed by atoms with E-state index in [1.165, 1.54) is 0 Å². The van der Waals surface area contributed by atoms with Crippen molar-refractivity contribution >= 4 is 31.4 Å². The number of thiazole rings is 1. The number of hydrogen-bond donors (Lipinski definition) is 0. The van der Waals surface area contributed by atoms with Gasteiger partial charge < -0.3 is 4.42 Å². The van der Waals surface area contributed by atoms with Gasteiger partial charge in [0.15, 0.2) is 9.84 Å². The van der Waals surface area contributed by atoms with E-state index < -0.39 is 9.84 Å². The SMILES string of the molecule is O=S1(=O)CC[C@@H](N(Cc2ccco2)Cc2nc3ccccc3s2)C1. The van der Waals surface area contributed by atoms with Gasteiger partial charge in [0.2, 0.25) is 0 Å². The van der Waals surface area contributed by atoms with E-state index in [9.17, 15) is 8.42 Å². The summed E-state index contributed by atoms with van der Waals surface area (Å²) in [4.78, 5) is 6.87. The minimum Gasteiger partial charge on any atom is -0.468 e. The normalized spacial score (nSPS) is 20.1. The summed E-state index contributed by atoms with van der Waals surface area (Å²) >= 11 is 1.66. The predicted molar refractivity (Wildman–Crippen MR) is 94.6 cm³/mol. The van der Waals surface area contributed by atoms with Crippen LogP contribution in [-0.2, 0) is 22.9 Å². The lowest BCUT2D eigenvalue weighted by Gasteiger charge is -2.26. The zero-order valence-electron chi connectivity index (χ0n) is 13.1. The van der Waals surface area contributed by atoms with Gasteiger partial charge in [-0.1, -0.05) is 12.1 Å². The van der Waals surface area contributed by atoms with Gasteiger partial charge in [0.1, 0.15) is 10.8 Å². The maximum atomic E-state index is 11.9. The van der Waals surface area contributed by atoms with E-state index in [0.717, 1.165) is 21.0 Å². The highest BCUT2D eigenvalue weighted by atomic mass is 32.2. The van der Waals surface area contributed by atoms with Crippen molar-refractivity contribution in [2.45, 2.75) is 25.6 Å². The van der Waals surface area contributed by atoms with E-state index in [4.69, 9.17) is 4.42 Å². The van der Waals surface area contributed by atoms with E-state index >= 15 is 0 Å². The van der Waals surface area contributed by atoms with Crippen LogP contribution in [0.5, 0.6) is 0 Å². The Balaban J connectivity index is 1.59. The van der Waals surface area contributed by atoms with Crippen LogP contribution in [0.1, 0.15) is 17.2 Å². The Morgan fingerprint density at radius 3 is 2.79 bits per heavy atom. The number of para-hydroxylation sites is 1. The van der Waals surface area contributed by atoms with Crippen LogP contribution in [0.4, 0.5) is 0 Å². The third-order valence-electron chi connectivity index (χ3n) is 4.34. The summed E-state index contributed by atoms with van der Waals surface area (Å²) in [6.07, 6.45) is 2.32. The van der Waals surface area contributed by atoms with Crippen molar-refractivity contribution in [1.82, 2.24) is 9.88 Å². The molecule has 24 heavy (non-hydrogen) atoms. The van der Waals surface area contributed by atoms with E-state index in [-0.39, 0.29) is 17.5 Å². The lowest BCUT2D eigenvalue weighted by Crippen LogP contribution is -2.35. The Hall–Kier alpha value is -1.70. The standard InChI is InChI=1S/C17H18N2O3S2/c20-24(21)9-7-13(12-24)19(10-14-4-3-8-22-14)11-17-18-15-5-1-2-6-16(15)23-17/h1-6,8,13H,7,9-12H2/t13-/m1/s1. The highest BCUT2D eigenvalue weighted by Gasteiger charge is 2.33. The van der Waals surface area contributed by atoms with Gasteiger partial charge in [-0.3, -0.25) is 4.90 Å². The average molecular weight is 362 g/mol. The summed E-state index contributed by atoms with van der Waals surface area (Å²) in [5.41, 5.74) is 0.995. The Bertz CT molecular complexity index is 899. The molecular formula is C17H18N2O3S2. The van der Waals surface area contributed by atoms with Crippen LogP contribution >= 0.6 is 11.3 Å². The molecule has 1 fully saturated rings. The molecule has 5 nitrogen and oxygen atoms in total. The summed E-state index contributed by atoms with van der Waals surface area (Å²) in [6, 6.07) is 11.9. The monoisotopic (exact) mass is 362 g/mol. The maximum absolute atomic E-state index is 11.9. The average Bonchev–Trinajstić information content (AvgIpc) is 3.25. The van der Waals surface area contributed by atoms with Gasteiger partial charge in [-0.2, -0.15) is 0 Å². The Morgan fingerprint density at radius 2 is 2.08 bits per heavy atom. The molecular weight excluding hydrogens is 344 g/mol. The lowest BCUT2D eigenvalue weighted by molar-refractivity contribution is 0.179. The fraction of sp³-hybridized carbons (Fsp3) is 0.353. The Labute approximate surface area is 144 Å². The molecule has 126 valence electrons. The molecule has 0 spiro atoms. The number of benzene rings is 1. The Kier molecular flexibility index (Phi) is 4.15. The summed E-state index contributed by atoms with van der Waals surface area (Å²) in [6.45, 7) is 1.24. The van der Waals surface area contributed by atoms with Gasteiger partial charge in [0, 0.05) is 6.04 Å². The minimum atomic E-state index is -2.93. The first kappa shape index (κ1) is 15.8. The second-order valence-electron chi connectivity index (χ2n) is 6.12. The Morgan fingerprint density at radius 1 is 1.21 bits per heavy atom. The molecule has 1 aliphatic heterocycles. The third-order valence-corrected chi connectivity index (χ3v) is 7.11. The van der Waals surface area contributed by atoms with Crippen LogP contribution in [0.3, 0.4) is 0 Å². The molecule has 1 atom stereocenters. The van der Waals surface area contributed by atoms with Crippen molar-refractivity contribution in [3.05, 3.63) is 53.4 Å². The molecule has 0 bridgehead atoms. The third kappa shape index (κ3) is 3.38. The summed E-state index contributed by atoms with van der Waals surface area (Å²) < 4.78 is 30.4. The zero-order chi connectivity index (χ0) is 16.6. The second kappa shape index (κ2) is 6.31. The van der Waals surface area contributed by atoms with Crippen molar-refractivity contribution in [1.29, 1.82) is 0 Å². The van der Waals surface area contributed by atoms with E-state index in [2.05, 4.69) is 16.0 Å². The smallest absolute Gasteiger partial charge is 0.151 e. The predicted octanol–water partition coefficient (Wildman–Crippen LogP) is 3.08. The van der Waals surface area contributed by atoms with Crippen LogP contribution in [0.15, 0.2) is 47.1 Å². The second-order valence-corrected chi connectivity index (χ2v) is 9.46. The quantitative estimate of drug-likeness (QED) is 0.698. The first-order valence-corrected chi connectivity index (χ1v) is 10.5. The molecule has 0 saturated carbocycles. The molecule has 0 N–H and O–H groups in total. The number of hydrogen-bond acceptors (Lipinski definition) is 6. The molecule has 0 aliphatic carbocycles. The van der Waals surface area contributed by atoms with Crippen LogP contribution in [0, 0.1) is 0 Å². The molecule has 3 aromatic rings. The van der Waals surface area contributed by atoms with Gasteiger partial charge in [0.25, 0.3) is 0 Å². The van der Waals surface area contributed by atoms with Crippen molar-refractivity contribution in [2.75, 3.05) is 11.5 Å². The fourth-order valence-electron chi connectivity index (χ4n) is 3.14. The first-order valence-electron chi connectivity index (χ1n) is 7.90. The van der Waals surface area contributed by atoms with Gasteiger partial charge in [-0.25, -0.2) is 13.4 Å². The van der Waals surface area contributed by atoms with Gasteiger partial charge >= 0.3 is 0 Å². The number of sulfone groups is 1. The summed E-state index contributed by atoms with van der Waals surface area (Å²) in [5.74, 6) is 1.34. The molecule has 1 saturated heterocycles. The van der Waals surface area contributed by atoms with Crippen molar-refractivity contribution in [3.63, 3.8) is 0 Å². The number of fused-ring (bicyclic) bond motifs is 1. The number of furan rings is 1. The number of rotatable bonds is 5. The van der Waals surface area contributed by atoms with Crippen molar-refractivity contribution < 1.29 is 12.8 Å². The van der Waals surface area contributed by atoms with Crippen LogP contribution < -0.4 is 0 Å². The minimum absolute atomic E-state index is 0.0205. The highest BCUT2D eigenvalue weighted by Crippen LogP contribution is 2.26. The van der Waals surface area contributed by atoms with E-state index in [1.807, 2.05) is 30.3 Å². The molecule has 0 unspecified atom stereocenters. The van der Waals surface area contributed by atoms with Crippen molar-refractivity contribution in [2.24, 2.45) is 0 Å². The van der Waals surface area contributed by atoms with Crippen LogP contribution in [-0.4, -0.2) is 35.8 Å². The van der Waals surface area contributed by atoms with Gasteiger partial charge in [0.05, 0.1) is 41.1 Å². The first-order chi connectivity index (χ1) is 11.6. The van der Waals surface area contributed by atoms with E-state index in [0.29, 0.717) is 19.5 Å². The van der Waals surface area contributed by atoms with E-state index in [1.54, 1.807) is 17.6 Å². The molecule has 2 aromatic heterocycles. The summed E-state index contributed by atoms with van der Waals surface area (Å²) in [5, 5.41) is 1.01. The summed E-state index contributed by atoms with van der Waals surface area (Å²) in [7, 11) is -2.93. The lowest BCUT2D eigenvalue weighted by atomic mass is 10.2. The van der Waals surface area contributed by atoms with Gasteiger partial charge in [-0.05, 0) is 30.7 Å². The zero-order valence-corrected chi connectivity index (χ0v) is 14.7. The fourth-order valence-corrected chi connectivity index (χ4v) is 5.90. The topological polar surface area (TPSA) is 63.4 Å². The molecule has 0 radical (unpaired) electrons. The van der Waals surface area contributed by atoms with Gasteiger partial charge in [-0.15, -0.1) is 11.3 Å². The molecule has 1 aromatic carbocycles. The van der Waals surface area contributed by atoms with Crippen molar-refractivity contribution in [3.8, 4) is 0 Å². The molecule has 7 heteroatoms. The molecule has 3 heterocycles. The number of nitrogens with zero attached hydrogens (tertiary/aromatic N) is 2. The van der Waals surface area contributed by atoms with Crippen LogP contribution in [0.25, 0.3) is 10.2 Å². The largest absolute Gasteiger partial charge is 0.468 e. The molecule has 4 rings (SSSR count). The number of aromatic nitrogens is 1. The molecule has 1 aliphatic rings. The van der Waals surface area contributed by atoms with Crippen LogP contribution in [0.2, 0.25) is 0 Å². The molecule has 0 amide bonds. The highest BCUT2D eigenvalue weighted by molar-refractivity contribution is 7.91.